The lowest BCUT2D eigenvalue weighted by atomic mass is 10.1. The van der Waals surface area contributed by atoms with Crippen LogP contribution < -0.4 is 11.3 Å². The Morgan fingerprint density at radius 3 is 2.83 bits per heavy atom. The molecule has 1 saturated heterocycles. The fraction of sp³-hybridized carbons (Fsp3) is 0.238. The number of rotatable bonds is 4. The molecule has 29 heavy (non-hydrogen) atoms. The summed E-state index contributed by atoms with van der Waals surface area (Å²) in [6.45, 7) is 3.28. The number of nitrogen functional groups attached to an aromatic ring is 1. The molecule has 6 nitrogen and oxygen atoms in total. The van der Waals surface area contributed by atoms with E-state index in [9.17, 15) is 4.79 Å². The van der Waals surface area contributed by atoms with Crippen LogP contribution in [0, 0.1) is 0 Å². The van der Waals surface area contributed by atoms with Crippen LogP contribution in [-0.4, -0.2) is 32.8 Å². The van der Waals surface area contributed by atoms with Crippen molar-refractivity contribution >= 4 is 39.7 Å². The number of para-hydroxylation sites is 1. The van der Waals surface area contributed by atoms with Crippen LogP contribution in [0.5, 0.6) is 0 Å². The van der Waals surface area contributed by atoms with Crippen molar-refractivity contribution in [2.45, 2.75) is 19.4 Å². The minimum Gasteiger partial charge on any atom is -0.382 e. The van der Waals surface area contributed by atoms with Crippen LogP contribution in [0.3, 0.4) is 0 Å². The number of hydrogen-bond donors (Lipinski definition) is 2. The number of fused-ring (bicyclic) bond motifs is 1. The van der Waals surface area contributed by atoms with Crippen LogP contribution in [0.25, 0.3) is 27.7 Å². The summed E-state index contributed by atoms with van der Waals surface area (Å²) in [5, 5.41) is 10.0. The molecular formula is C21H20ClN5OS. The fourth-order valence-electron chi connectivity index (χ4n) is 3.95. The number of benzene rings is 1. The predicted molar refractivity (Wildman–Crippen MR) is 119 cm³/mol. The molecule has 3 N–H and O–H groups in total. The number of halogens is 1. The third kappa shape index (κ3) is 3.25. The van der Waals surface area contributed by atoms with Gasteiger partial charge in [0, 0.05) is 23.2 Å². The Morgan fingerprint density at radius 1 is 1.24 bits per heavy atom. The number of nitrogens with two attached hydrogens (primary N) is 1. The second-order valence-corrected chi connectivity index (χ2v) is 8.72. The Morgan fingerprint density at radius 2 is 2.03 bits per heavy atom. The van der Waals surface area contributed by atoms with E-state index in [-0.39, 0.29) is 11.4 Å². The largest absolute Gasteiger partial charge is 0.382 e. The molecule has 0 unspecified atom stereocenters. The number of nitrogens with zero attached hydrogens (tertiary/aromatic N) is 3. The third-order valence-electron chi connectivity index (χ3n) is 5.41. The molecule has 0 bridgehead atoms. The first kappa shape index (κ1) is 18.4. The number of likely N-dealkylation sites (tertiary alicyclic amines) is 1. The first-order valence-corrected chi connectivity index (χ1v) is 10.8. The number of H-pyrrole nitrogens is 1. The SMILES string of the molecule is Nc1n[nH]c2c(-c3csc(CN4CCCC4)c3)cn(-c3ccccc3Cl)c(=O)c12. The van der Waals surface area contributed by atoms with E-state index in [0.29, 0.717) is 21.6 Å². The second kappa shape index (κ2) is 7.33. The summed E-state index contributed by atoms with van der Waals surface area (Å²) in [5.41, 5.74) is 8.99. The first-order chi connectivity index (χ1) is 14.1. The Kier molecular flexibility index (Phi) is 4.66. The minimum absolute atomic E-state index is 0.195. The first-order valence-electron chi connectivity index (χ1n) is 9.56. The van der Waals surface area contributed by atoms with Gasteiger partial charge in [-0.25, -0.2) is 0 Å². The van der Waals surface area contributed by atoms with E-state index < -0.39 is 0 Å². The summed E-state index contributed by atoms with van der Waals surface area (Å²) in [7, 11) is 0. The van der Waals surface area contributed by atoms with Crippen LogP contribution in [0.1, 0.15) is 17.7 Å². The minimum atomic E-state index is -0.240. The Hall–Kier alpha value is -2.61. The van der Waals surface area contributed by atoms with Gasteiger partial charge in [-0.1, -0.05) is 23.7 Å². The van der Waals surface area contributed by atoms with Crippen LogP contribution in [0.2, 0.25) is 5.02 Å². The Balaban J connectivity index is 1.66. The Labute approximate surface area is 176 Å². The van der Waals surface area contributed by atoms with E-state index in [1.807, 2.05) is 24.4 Å². The van der Waals surface area contributed by atoms with E-state index in [0.717, 1.165) is 30.8 Å². The molecule has 0 atom stereocenters. The van der Waals surface area contributed by atoms with E-state index in [4.69, 9.17) is 17.3 Å². The van der Waals surface area contributed by atoms with Gasteiger partial charge in [-0.05, 0) is 55.1 Å². The monoisotopic (exact) mass is 425 g/mol. The number of thiophene rings is 1. The smallest absolute Gasteiger partial charge is 0.268 e. The van der Waals surface area contributed by atoms with Gasteiger partial charge in [-0.15, -0.1) is 11.3 Å². The van der Waals surface area contributed by atoms with Gasteiger partial charge in [0.25, 0.3) is 5.56 Å². The number of anilines is 1. The topological polar surface area (TPSA) is 79.9 Å². The number of aromatic amines is 1. The van der Waals surface area contributed by atoms with Crippen LogP contribution in [0.15, 0.2) is 46.7 Å². The molecule has 1 aliphatic rings. The molecule has 5 rings (SSSR count). The van der Waals surface area contributed by atoms with Crippen molar-refractivity contribution in [3.63, 3.8) is 0 Å². The summed E-state index contributed by atoms with van der Waals surface area (Å²) in [5.74, 6) is 0.195. The van der Waals surface area contributed by atoms with Gasteiger partial charge < -0.3 is 5.73 Å². The van der Waals surface area contributed by atoms with Crippen LogP contribution in [0.4, 0.5) is 5.82 Å². The molecule has 0 amide bonds. The van der Waals surface area contributed by atoms with Crippen molar-refractivity contribution in [3.8, 4) is 16.8 Å². The van der Waals surface area contributed by atoms with Gasteiger partial charge >= 0.3 is 0 Å². The van der Waals surface area contributed by atoms with Gasteiger partial charge in [-0.3, -0.25) is 19.4 Å². The molecule has 1 aliphatic heterocycles. The third-order valence-corrected chi connectivity index (χ3v) is 6.65. The molecule has 0 radical (unpaired) electrons. The maximum Gasteiger partial charge on any atom is 0.268 e. The van der Waals surface area contributed by atoms with E-state index in [1.165, 1.54) is 17.7 Å². The summed E-state index contributed by atoms with van der Waals surface area (Å²) in [4.78, 5) is 16.9. The van der Waals surface area contributed by atoms with Gasteiger partial charge in [0.2, 0.25) is 0 Å². The molecule has 1 fully saturated rings. The summed E-state index contributed by atoms with van der Waals surface area (Å²) in [6, 6.07) is 9.48. The quantitative estimate of drug-likeness (QED) is 0.511. The second-order valence-electron chi connectivity index (χ2n) is 7.31. The van der Waals surface area contributed by atoms with Crippen molar-refractivity contribution in [3.05, 3.63) is 62.2 Å². The van der Waals surface area contributed by atoms with Crippen molar-refractivity contribution in [2.24, 2.45) is 0 Å². The summed E-state index contributed by atoms with van der Waals surface area (Å²) >= 11 is 8.11. The van der Waals surface area contributed by atoms with Gasteiger partial charge in [0.05, 0.1) is 16.2 Å². The molecule has 0 spiro atoms. The summed E-state index contributed by atoms with van der Waals surface area (Å²) < 4.78 is 1.56. The number of hydrogen-bond acceptors (Lipinski definition) is 5. The zero-order valence-corrected chi connectivity index (χ0v) is 17.3. The Bertz CT molecular complexity index is 1250. The lowest BCUT2D eigenvalue weighted by Crippen LogP contribution is -2.19. The van der Waals surface area contributed by atoms with Crippen molar-refractivity contribution in [1.29, 1.82) is 0 Å². The van der Waals surface area contributed by atoms with Gasteiger partial charge in [0.1, 0.15) is 5.39 Å². The standard InChI is InChI=1S/C21H20ClN5OS/c22-16-5-1-2-6-17(16)27-11-15(19-18(21(27)28)20(23)25-24-19)13-9-14(29-12-13)10-26-7-3-4-8-26/h1-2,5-6,9,11-12H,3-4,7-8,10H2,(H3,23,24,25). The zero-order chi connectivity index (χ0) is 20.0. The highest BCUT2D eigenvalue weighted by molar-refractivity contribution is 7.10. The molecule has 4 heterocycles. The highest BCUT2D eigenvalue weighted by atomic mass is 35.5. The van der Waals surface area contributed by atoms with Gasteiger partial charge in [0.15, 0.2) is 5.82 Å². The fourth-order valence-corrected chi connectivity index (χ4v) is 5.10. The molecule has 148 valence electrons. The van der Waals surface area contributed by atoms with Crippen molar-refractivity contribution in [1.82, 2.24) is 19.7 Å². The highest BCUT2D eigenvalue weighted by Crippen LogP contribution is 2.33. The van der Waals surface area contributed by atoms with Crippen molar-refractivity contribution in [2.75, 3.05) is 18.8 Å². The van der Waals surface area contributed by atoms with E-state index in [2.05, 4.69) is 26.5 Å². The molecule has 4 aromatic rings. The number of pyridine rings is 1. The average Bonchev–Trinajstić information content (AvgIpc) is 3.46. The summed E-state index contributed by atoms with van der Waals surface area (Å²) in [6.07, 6.45) is 4.37. The molecule has 0 saturated carbocycles. The van der Waals surface area contributed by atoms with E-state index in [1.54, 1.807) is 22.0 Å². The maximum atomic E-state index is 13.1. The maximum absolute atomic E-state index is 13.1. The normalized spacial score (nSPS) is 14.8. The van der Waals surface area contributed by atoms with Crippen molar-refractivity contribution < 1.29 is 0 Å². The number of nitrogens with one attached hydrogen (secondary N) is 1. The lowest BCUT2D eigenvalue weighted by molar-refractivity contribution is 0.334. The van der Waals surface area contributed by atoms with Crippen LogP contribution >= 0.6 is 22.9 Å². The van der Waals surface area contributed by atoms with Crippen LogP contribution in [-0.2, 0) is 6.54 Å². The molecule has 8 heteroatoms. The lowest BCUT2D eigenvalue weighted by Gasteiger charge is -2.12. The molecule has 3 aromatic heterocycles. The number of aromatic nitrogens is 3. The highest BCUT2D eigenvalue weighted by Gasteiger charge is 2.19. The molecular weight excluding hydrogens is 406 g/mol. The predicted octanol–water partition coefficient (Wildman–Crippen LogP) is 4.27. The van der Waals surface area contributed by atoms with Gasteiger partial charge in [-0.2, -0.15) is 5.10 Å². The van der Waals surface area contributed by atoms with E-state index >= 15 is 0 Å². The average molecular weight is 426 g/mol. The molecule has 0 aliphatic carbocycles. The molecule has 1 aromatic carbocycles. The zero-order valence-electron chi connectivity index (χ0n) is 15.7.